The van der Waals surface area contributed by atoms with Gasteiger partial charge in [0.25, 0.3) is 0 Å². The number of nitrogens with zero attached hydrogens (tertiary/aromatic N) is 6. The SMILES string of the molecule is O=C(Cn1nnc(-c2ccc(F)cc2)n1)N1CCN(c2ccccc2Cl)CC1. The van der Waals surface area contributed by atoms with Gasteiger partial charge in [-0.25, -0.2) is 4.39 Å². The van der Waals surface area contributed by atoms with Crippen molar-refractivity contribution in [2.45, 2.75) is 6.54 Å². The number of tetrazole rings is 1. The molecule has 144 valence electrons. The minimum Gasteiger partial charge on any atom is -0.367 e. The number of hydrogen-bond donors (Lipinski definition) is 0. The van der Waals surface area contributed by atoms with Gasteiger partial charge in [-0.05, 0) is 41.6 Å². The molecule has 7 nitrogen and oxygen atoms in total. The van der Waals surface area contributed by atoms with Crippen LogP contribution in [0, 0.1) is 5.82 Å². The molecule has 9 heteroatoms. The maximum atomic E-state index is 13.0. The quantitative estimate of drug-likeness (QED) is 0.673. The molecule has 0 saturated carbocycles. The van der Waals surface area contributed by atoms with E-state index < -0.39 is 0 Å². The van der Waals surface area contributed by atoms with Crippen molar-refractivity contribution in [1.29, 1.82) is 0 Å². The van der Waals surface area contributed by atoms with Crippen LogP contribution in [0.2, 0.25) is 5.02 Å². The first kappa shape index (κ1) is 18.4. The van der Waals surface area contributed by atoms with Crippen LogP contribution in [-0.2, 0) is 11.3 Å². The summed E-state index contributed by atoms with van der Waals surface area (Å²) in [5, 5.41) is 12.8. The molecule has 0 bridgehead atoms. The van der Waals surface area contributed by atoms with Gasteiger partial charge in [0.15, 0.2) is 0 Å². The molecule has 2 aromatic carbocycles. The molecule has 3 aromatic rings. The van der Waals surface area contributed by atoms with Crippen molar-refractivity contribution >= 4 is 23.2 Å². The molecule has 2 heterocycles. The molecule has 1 aliphatic heterocycles. The summed E-state index contributed by atoms with van der Waals surface area (Å²) in [5.41, 5.74) is 1.63. The van der Waals surface area contributed by atoms with Gasteiger partial charge in [-0.3, -0.25) is 4.79 Å². The van der Waals surface area contributed by atoms with Crippen molar-refractivity contribution < 1.29 is 9.18 Å². The first-order chi connectivity index (χ1) is 13.6. The predicted molar refractivity (Wildman–Crippen MR) is 103 cm³/mol. The van der Waals surface area contributed by atoms with Gasteiger partial charge in [0, 0.05) is 31.7 Å². The third-order valence-corrected chi connectivity index (χ3v) is 4.98. The van der Waals surface area contributed by atoms with Gasteiger partial charge in [0.05, 0.1) is 10.7 Å². The fourth-order valence-electron chi connectivity index (χ4n) is 3.15. The van der Waals surface area contributed by atoms with Crippen LogP contribution < -0.4 is 4.90 Å². The molecular weight excluding hydrogens is 383 g/mol. The van der Waals surface area contributed by atoms with Gasteiger partial charge >= 0.3 is 0 Å². The highest BCUT2D eigenvalue weighted by Gasteiger charge is 2.23. The molecule has 1 saturated heterocycles. The van der Waals surface area contributed by atoms with Crippen molar-refractivity contribution in [3.8, 4) is 11.4 Å². The van der Waals surface area contributed by atoms with Crippen LogP contribution in [0.3, 0.4) is 0 Å². The average Bonchev–Trinajstić information content (AvgIpc) is 3.17. The van der Waals surface area contributed by atoms with Crippen molar-refractivity contribution in [1.82, 2.24) is 25.1 Å². The lowest BCUT2D eigenvalue weighted by Gasteiger charge is -2.36. The van der Waals surface area contributed by atoms with Crippen LogP contribution in [-0.4, -0.2) is 57.2 Å². The largest absolute Gasteiger partial charge is 0.367 e. The lowest BCUT2D eigenvalue weighted by Crippen LogP contribution is -2.49. The Kier molecular flexibility index (Phi) is 5.21. The average molecular weight is 401 g/mol. The molecule has 0 atom stereocenters. The summed E-state index contributed by atoms with van der Waals surface area (Å²) < 4.78 is 13.0. The maximum absolute atomic E-state index is 13.0. The Morgan fingerprint density at radius 3 is 2.46 bits per heavy atom. The maximum Gasteiger partial charge on any atom is 0.246 e. The highest BCUT2D eigenvalue weighted by molar-refractivity contribution is 6.33. The topological polar surface area (TPSA) is 67.2 Å². The van der Waals surface area contributed by atoms with Gasteiger partial charge in [0.2, 0.25) is 11.7 Å². The third-order valence-electron chi connectivity index (χ3n) is 4.66. The van der Waals surface area contributed by atoms with Crippen molar-refractivity contribution in [3.63, 3.8) is 0 Å². The lowest BCUT2D eigenvalue weighted by molar-refractivity contribution is -0.132. The number of carbonyl (C=O) groups excluding carboxylic acids is 1. The molecule has 1 aromatic heterocycles. The van der Waals surface area contributed by atoms with Crippen LogP contribution in [0.25, 0.3) is 11.4 Å². The predicted octanol–water partition coefficient (Wildman–Crippen LogP) is 2.48. The zero-order valence-electron chi connectivity index (χ0n) is 15.0. The van der Waals surface area contributed by atoms with E-state index in [1.54, 1.807) is 17.0 Å². The van der Waals surface area contributed by atoms with Gasteiger partial charge in [-0.15, -0.1) is 10.2 Å². The number of rotatable bonds is 4. The summed E-state index contributed by atoms with van der Waals surface area (Å²) in [6.45, 7) is 2.63. The van der Waals surface area contributed by atoms with Crippen LogP contribution in [0.5, 0.6) is 0 Å². The number of hydrogen-bond acceptors (Lipinski definition) is 5. The summed E-state index contributed by atoms with van der Waals surface area (Å²) in [7, 11) is 0. The highest BCUT2D eigenvalue weighted by atomic mass is 35.5. The molecule has 0 spiro atoms. The van der Waals surface area contributed by atoms with Gasteiger partial charge in [-0.2, -0.15) is 4.80 Å². The number of carbonyl (C=O) groups is 1. The third kappa shape index (κ3) is 3.96. The van der Waals surface area contributed by atoms with Crippen molar-refractivity contribution in [3.05, 3.63) is 59.4 Å². The molecule has 0 N–H and O–H groups in total. The molecule has 0 aliphatic carbocycles. The Labute approximate surface area is 166 Å². The van der Waals surface area contributed by atoms with Gasteiger partial charge in [-0.1, -0.05) is 23.7 Å². The van der Waals surface area contributed by atoms with E-state index in [2.05, 4.69) is 20.3 Å². The van der Waals surface area contributed by atoms with Crippen LogP contribution >= 0.6 is 11.6 Å². The Morgan fingerprint density at radius 1 is 1.04 bits per heavy atom. The van der Waals surface area contributed by atoms with Gasteiger partial charge in [0.1, 0.15) is 12.4 Å². The van der Waals surface area contributed by atoms with Crippen molar-refractivity contribution in [2.24, 2.45) is 0 Å². The second-order valence-corrected chi connectivity index (χ2v) is 6.88. The van der Waals surface area contributed by atoms with E-state index in [1.807, 2.05) is 24.3 Å². The van der Waals surface area contributed by atoms with E-state index >= 15 is 0 Å². The lowest BCUT2D eigenvalue weighted by atomic mass is 10.2. The monoisotopic (exact) mass is 400 g/mol. The number of benzene rings is 2. The van der Waals surface area contributed by atoms with Gasteiger partial charge < -0.3 is 9.80 Å². The fourth-order valence-corrected chi connectivity index (χ4v) is 3.41. The molecule has 4 rings (SSSR count). The van der Waals surface area contributed by atoms with E-state index in [4.69, 9.17) is 11.6 Å². The highest BCUT2D eigenvalue weighted by Crippen LogP contribution is 2.26. The number of halogens is 2. The minimum absolute atomic E-state index is 0.0142. The van der Waals surface area contributed by atoms with E-state index in [-0.39, 0.29) is 18.3 Å². The second kappa shape index (κ2) is 7.93. The molecule has 1 amide bonds. The van der Waals surface area contributed by atoms with E-state index in [0.717, 1.165) is 5.69 Å². The molecule has 28 heavy (non-hydrogen) atoms. The van der Waals surface area contributed by atoms with E-state index in [1.165, 1.54) is 16.9 Å². The first-order valence-corrected chi connectivity index (χ1v) is 9.29. The van der Waals surface area contributed by atoms with Crippen LogP contribution in [0.15, 0.2) is 48.5 Å². The number of para-hydroxylation sites is 1. The Hall–Kier alpha value is -3.00. The van der Waals surface area contributed by atoms with Crippen LogP contribution in [0.1, 0.15) is 0 Å². The summed E-state index contributed by atoms with van der Waals surface area (Å²) >= 11 is 6.26. The molecular formula is C19H18ClFN6O. The summed E-state index contributed by atoms with van der Waals surface area (Å²) in [5.74, 6) is -0.0412. The smallest absolute Gasteiger partial charge is 0.246 e. The first-order valence-electron chi connectivity index (χ1n) is 8.91. The summed E-state index contributed by atoms with van der Waals surface area (Å²) in [4.78, 5) is 17.8. The van der Waals surface area contributed by atoms with E-state index in [9.17, 15) is 9.18 Å². The summed E-state index contributed by atoms with van der Waals surface area (Å²) in [6, 6.07) is 13.5. The second-order valence-electron chi connectivity index (χ2n) is 6.47. The Bertz CT molecular complexity index is 969. The van der Waals surface area contributed by atoms with E-state index in [0.29, 0.717) is 42.6 Å². The molecule has 0 unspecified atom stereocenters. The molecule has 0 radical (unpaired) electrons. The molecule has 1 fully saturated rings. The Balaban J connectivity index is 1.35. The minimum atomic E-state index is -0.331. The molecule has 1 aliphatic rings. The number of piperazine rings is 1. The zero-order chi connectivity index (χ0) is 19.5. The number of anilines is 1. The zero-order valence-corrected chi connectivity index (χ0v) is 15.8. The normalized spacial score (nSPS) is 14.4. The Morgan fingerprint density at radius 2 is 1.75 bits per heavy atom. The fraction of sp³-hybridized carbons (Fsp3) is 0.263. The summed E-state index contributed by atoms with van der Waals surface area (Å²) in [6.07, 6.45) is 0. The van der Waals surface area contributed by atoms with Crippen LogP contribution in [0.4, 0.5) is 10.1 Å². The number of aromatic nitrogens is 4. The standard InChI is InChI=1S/C19H18ClFN6O/c20-16-3-1-2-4-17(16)25-9-11-26(12-10-25)18(28)13-27-23-19(22-24-27)14-5-7-15(21)8-6-14/h1-8H,9-13H2. The van der Waals surface area contributed by atoms with Crippen molar-refractivity contribution in [2.75, 3.05) is 31.1 Å². The number of amides is 1.